The molecular formula is C29H27FN8O. The minimum absolute atomic E-state index is 0.0177. The van der Waals surface area contributed by atoms with E-state index in [4.69, 9.17) is 5.73 Å². The Bertz CT molecular complexity index is 1680. The van der Waals surface area contributed by atoms with Crippen LogP contribution >= 0.6 is 0 Å². The lowest BCUT2D eigenvalue weighted by Gasteiger charge is -2.34. The Kier molecular flexibility index (Phi) is 6.45. The number of hydrogen-bond donors (Lipinski definition) is 2. The molecule has 1 saturated heterocycles. The van der Waals surface area contributed by atoms with Crippen LogP contribution in [0.3, 0.4) is 0 Å². The molecule has 2 aromatic carbocycles. The highest BCUT2D eigenvalue weighted by Crippen LogP contribution is 2.33. The standard InChI is InChI=1S/C29H27FN8O/c1-37-17-26(35-36-37)21-5-7-24(25(30)14-21)29(39)38(22-3-2-10-32-16-22)28-23-6-4-18(13-20(23)9-12-34-28)19-8-11-33-27(31)15-19/h4-9,11-15,17,22,32H,2-3,10,16H2,1H3,(H2,31,33). The van der Waals surface area contributed by atoms with E-state index < -0.39 is 11.7 Å². The molecule has 10 heteroatoms. The highest BCUT2D eigenvalue weighted by atomic mass is 19.1. The number of piperidine rings is 1. The average molecular weight is 523 g/mol. The van der Waals surface area contributed by atoms with Crippen molar-refractivity contribution in [3.8, 4) is 22.4 Å². The summed E-state index contributed by atoms with van der Waals surface area (Å²) in [6.45, 7) is 1.47. The van der Waals surface area contributed by atoms with Gasteiger partial charge in [-0.1, -0.05) is 23.4 Å². The van der Waals surface area contributed by atoms with Gasteiger partial charge in [0.1, 0.15) is 23.1 Å². The fourth-order valence-corrected chi connectivity index (χ4v) is 5.11. The van der Waals surface area contributed by atoms with Gasteiger partial charge in [-0.3, -0.25) is 14.4 Å². The van der Waals surface area contributed by atoms with Crippen molar-refractivity contribution in [1.29, 1.82) is 0 Å². The summed E-state index contributed by atoms with van der Waals surface area (Å²) in [7, 11) is 1.74. The molecule has 1 fully saturated rings. The Labute approximate surface area is 224 Å². The van der Waals surface area contributed by atoms with Crippen molar-refractivity contribution >= 4 is 28.3 Å². The van der Waals surface area contributed by atoms with Crippen LogP contribution in [0.5, 0.6) is 0 Å². The second kappa shape index (κ2) is 10.2. The summed E-state index contributed by atoms with van der Waals surface area (Å²) in [5.41, 5.74) is 8.87. The molecule has 1 atom stereocenters. The first-order valence-electron chi connectivity index (χ1n) is 12.8. The predicted molar refractivity (Wildman–Crippen MR) is 148 cm³/mol. The number of aromatic nitrogens is 5. The summed E-state index contributed by atoms with van der Waals surface area (Å²) in [5, 5.41) is 13.0. The van der Waals surface area contributed by atoms with Crippen molar-refractivity contribution < 1.29 is 9.18 Å². The highest BCUT2D eigenvalue weighted by molar-refractivity contribution is 6.10. The molecule has 1 unspecified atom stereocenters. The SMILES string of the molecule is Cn1cc(-c2ccc(C(=O)N(c3nccc4cc(-c5ccnc(N)c5)ccc34)C3CCCNC3)c(F)c2)nn1. The number of amides is 1. The molecule has 0 saturated carbocycles. The maximum Gasteiger partial charge on any atom is 0.262 e. The summed E-state index contributed by atoms with van der Waals surface area (Å²) in [5.74, 6) is -0.103. The smallest absolute Gasteiger partial charge is 0.262 e. The Balaban J connectivity index is 1.42. The number of rotatable bonds is 5. The fourth-order valence-electron chi connectivity index (χ4n) is 5.11. The van der Waals surface area contributed by atoms with Crippen LogP contribution < -0.4 is 16.0 Å². The molecule has 5 aromatic rings. The molecule has 0 aliphatic carbocycles. The summed E-state index contributed by atoms with van der Waals surface area (Å²) >= 11 is 0. The number of benzene rings is 2. The number of anilines is 2. The molecule has 1 amide bonds. The van der Waals surface area contributed by atoms with Crippen LogP contribution in [0.15, 0.2) is 73.2 Å². The van der Waals surface area contributed by atoms with Crippen LogP contribution in [-0.2, 0) is 7.05 Å². The van der Waals surface area contributed by atoms with E-state index in [1.54, 1.807) is 41.3 Å². The van der Waals surface area contributed by atoms with E-state index in [-0.39, 0.29) is 11.6 Å². The zero-order valence-electron chi connectivity index (χ0n) is 21.4. The molecule has 3 N–H and O–H groups in total. The van der Waals surface area contributed by atoms with Crippen molar-refractivity contribution in [1.82, 2.24) is 30.3 Å². The molecule has 6 rings (SSSR count). The van der Waals surface area contributed by atoms with Crippen molar-refractivity contribution in [3.05, 3.63) is 84.6 Å². The lowest BCUT2D eigenvalue weighted by Crippen LogP contribution is -2.49. The zero-order chi connectivity index (χ0) is 26.9. The molecule has 0 radical (unpaired) electrons. The van der Waals surface area contributed by atoms with E-state index in [0.717, 1.165) is 41.3 Å². The van der Waals surface area contributed by atoms with Gasteiger partial charge in [-0.25, -0.2) is 14.4 Å². The fraction of sp³-hybridized carbons (Fsp3) is 0.207. The first-order valence-corrected chi connectivity index (χ1v) is 12.8. The van der Waals surface area contributed by atoms with Gasteiger partial charge < -0.3 is 11.1 Å². The number of halogens is 1. The molecule has 0 spiro atoms. The summed E-state index contributed by atoms with van der Waals surface area (Å²) in [6.07, 6.45) is 6.75. The predicted octanol–water partition coefficient (Wildman–Crippen LogP) is 4.21. The Hall–Kier alpha value is -4.70. The van der Waals surface area contributed by atoms with Gasteiger partial charge in [0, 0.05) is 36.9 Å². The van der Waals surface area contributed by atoms with E-state index in [9.17, 15) is 4.79 Å². The first-order chi connectivity index (χ1) is 19.0. The Morgan fingerprint density at radius 3 is 2.62 bits per heavy atom. The van der Waals surface area contributed by atoms with E-state index >= 15 is 4.39 Å². The molecule has 0 bridgehead atoms. The van der Waals surface area contributed by atoms with Gasteiger partial charge in [0.05, 0.1) is 17.8 Å². The molecule has 39 heavy (non-hydrogen) atoms. The molecule has 3 aromatic heterocycles. The lowest BCUT2D eigenvalue weighted by molar-refractivity contribution is 0.0968. The van der Waals surface area contributed by atoms with Gasteiger partial charge in [-0.2, -0.15) is 0 Å². The number of nitrogen functional groups attached to an aromatic ring is 1. The number of aryl methyl sites for hydroxylation is 1. The average Bonchev–Trinajstić information content (AvgIpc) is 3.39. The normalized spacial score (nSPS) is 15.4. The third-order valence-electron chi connectivity index (χ3n) is 7.04. The second-order valence-electron chi connectivity index (χ2n) is 9.69. The third kappa shape index (κ3) is 4.82. The van der Waals surface area contributed by atoms with E-state index in [1.807, 2.05) is 36.4 Å². The van der Waals surface area contributed by atoms with Crippen molar-refractivity contribution in [2.24, 2.45) is 7.05 Å². The molecule has 9 nitrogen and oxygen atoms in total. The lowest BCUT2D eigenvalue weighted by atomic mass is 10.00. The molecule has 4 heterocycles. The van der Waals surface area contributed by atoms with Gasteiger partial charge in [-0.15, -0.1) is 5.10 Å². The number of carbonyl (C=O) groups is 1. The van der Waals surface area contributed by atoms with Gasteiger partial charge >= 0.3 is 0 Å². The maximum atomic E-state index is 15.5. The van der Waals surface area contributed by atoms with Crippen LogP contribution in [0.2, 0.25) is 0 Å². The van der Waals surface area contributed by atoms with Crippen LogP contribution in [-0.4, -0.2) is 50.0 Å². The zero-order valence-corrected chi connectivity index (χ0v) is 21.4. The van der Waals surface area contributed by atoms with Crippen LogP contribution in [0.1, 0.15) is 23.2 Å². The number of nitrogens with one attached hydrogen (secondary N) is 1. The van der Waals surface area contributed by atoms with Crippen LogP contribution in [0, 0.1) is 5.82 Å². The van der Waals surface area contributed by atoms with Gasteiger partial charge in [-0.05, 0) is 72.3 Å². The topological polar surface area (TPSA) is 115 Å². The number of hydrogen-bond acceptors (Lipinski definition) is 7. The number of carbonyl (C=O) groups excluding carboxylic acids is 1. The molecule has 1 aliphatic heterocycles. The number of fused-ring (bicyclic) bond motifs is 1. The van der Waals surface area contributed by atoms with Crippen molar-refractivity contribution in [2.75, 3.05) is 23.7 Å². The van der Waals surface area contributed by atoms with Crippen molar-refractivity contribution in [3.63, 3.8) is 0 Å². The first kappa shape index (κ1) is 24.6. The maximum absolute atomic E-state index is 15.5. The van der Waals surface area contributed by atoms with Crippen LogP contribution in [0.25, 0.3) is 33.2 Å². The second-order valence-corrected chi connectivity index (χ2v) is 9.69. The monoisotopic (exact) mass is 522 g/mol. The summed E-state index contributed by atoms with van der Waals surface area (Å²) in [4.78, 5) is 24.4. The van der Waals surface area contributed by atoms with E-state index in [2.05, 4.69) is 25.6 Å². The van der Waals surface area contributed by atoms with Gasteiger partial charge in [0.25, 0.3) is 5.91 Å². The number of nitrogens with zero attached hydrogens (tertiary/aromatic N) is 6. The molecule has 1 aliphatic rings. The summed E-state index contributed by atoms with van der Waals surface area (Å²) < 4.78 is 17.0. The molecular weight excluding hydrogens is 495 g/mol. The minimum atomic E-state index is -0.616. The van der Waals surface area contributed by atoms with Gasteiger partial charge in [0.15, 0.2) is 0 Å². The highest BCUT2D eigenvalue weighted by Gasteiger charge is 2.31. The minimum Gasteiger partial charge on any atom is -0.384 e. The van der Waals surface area contributed by atoms with Gasteiger partial charge in [0.2, 0.25) is 0 Å². The van der Waals surface area contributed by atoms with Crippen LogP contribution in [0.4, 0.5) is 16.0 Å². The van der Waals surface area contributed by atoms with Crippen molar-refractivity contribution in [2.45, 2.75) is 18.9 Å². The van der Waals surface area contributed by atoms with E-state index in [1.165, 1.54) is 12.1 Å². The van der Waals surface area contributed by atoms with E-state index in [0.29, 0.717) is 29.4 Å². The Morgan fingerprint density at radius 1 is 1.05 bits per heavy atom. The number of pyridine rings is 2. The summed E-state index contributed by atoms with van der Waals surface area (Å²) in [6, 6.07) is 16.0. The third-order valence-corrected chi connectivity index (χ3v) is 7.04. The Morgan fingerprint density at radius 2 is 1.87 bits per heavy atom. The molecule has 196 valence electrons. The quantitative estimate of drug-likeness (QED) is 0.355. The number of nitrogens with two attached hydrogens (primary N) is 1. The largest absolute Gasteiger partial charge is 0.384 e.